The van der Waals surface area contributed by atoms with Crippen molar-refractivity contribution in [3.05, 3.63) is 18.0 Å². The van der Waals surface area contributed by atoms with Crippen LogP contribution in [0, 0.1) is 0 Å². The lowest BCUT2D eigenvalue weighted by Crippen LogP contribution is -2.18. The van der Waals surface area contributed by atoms with Crippen molar-refractivity contribution >= 4 is 0 Å². The van der Waals surface area contributed by atoms with Gasteiger partial charge in [-0.3, -0.25) is 4.68 Å². The molecule has 0 aliphatic rings. The maximum Gasteiger partial charge on any atom is 0.408 e. The van der Waals surface area contributed by atoms with Crippen molar-refractivity contribution in [3.8, 4) is 0 Å². The molecule has 0 aromatic carbocycles. The van der Waals surface area contributed by atoms with E-state index in [0.717, 1.165) is 23.2 Å². The Morgan fingerprint density at radius 2 is 2.20 bits per heavy atom. The molecule has 15 heavy (non-hydrogen) atoms. The fraction of sp³-hybridized carbons (Fsp3) is 0.667. The smallest absolute Gasteiger partial charge is 0.313 e. The zero-order chi connectivity index (χ0) is 11.3. The summed E-state index contributed by atoms with van der Waals surface area (Å²) < 4.78 is 36.8. The van der Waals surface area contributed by atoms with Gasteiger partial charge in [0.25, 0.3) is 0 Å². The Hall–Kier alpha value is -1.04. The van der Waals surface area contributed by atoms with Gasteiger partial charge in [0, 0.05) is 18.3 Å². The SMILES string of the molecule is CCCNCc1cnn(CC(F)(F)F)c1. The Balaban J connectivity index is 2.42. The van der Waals surface area contributed by atoms with Crippen LogP contribution in [0.2, 0.25) is 0 Å². The largest absolute Gasteiger partial charge is 0.408 e. The van der Waals surface area contributed by atoms with Gasteiger partial charge >= 0.3 is 6.18 Å². The lowest BCUT2D eigenvalue weighted by molar-refractivity contribution is -0.142. The number of hydrogen-bond donors (Lipinski definition) is 1. The van der Waals surface area contributed by atoms with Crippen molar-refractivity contribution in [2.75, 3.05) is 6.54 Å². The standard InChI is InChI=1S/C9H14F3N3/c1-2-3-13-4-8-5-14-15(6-8)7-9(10,11)12/h5-6,13H,2-4,7H2,1H3. The molecule has 0 aliphatic carbocycles. The third-order valence-corrected chi connectivity index (χ3v) is 1.78. The number of rotatable bonds is 5. The monoisotopic (exact) mass is 221 g/mol. The maximum absolute atomic E-state index is 12.0. The third kappa shape index (κ3) is 4.83. The fourth-order valence-corrected chi connectivity index (χ4v) is 1.18. The lowest BCUT2D eigenvalue weighted by Gasteiger charge is -2.05. The molecule has 0 amide bonds. The van der Waals surface area contributed by atoms with Crippen molar-refractivity contribution < 1.29 is 13.2 Å². The van der Waals surface area contributed by atoms with Crippen LogP contribution in [0.15, 0.2) is 12.4 Å². The summed E-state index contributed by atoms with van der Waals surface area (Å²) >= 11 is 0. The number of alkyl halides is 3. The summed E-state index contributed by atoms with van der Waals surface area (Å²) in [6, 6.07) is 0. The molecule has 1 heterocycles. The van der Waals surface area contributed by atoms with Crippen LogP contribution >= 0.6 is 0 Å². The summed E-state index contributed by atoms with van der Waals surface area (Å²) in [4.78, 5) is 0. The first kappa shape index (κ1) is 12.0. The van der Waals surface area contributed by atoms with Crippen LogP contribution in [-0.2, 0) is 13.1 Å². The van der Waals surface area contributed by atoms with Crippen molar-refractivity contribution in [1.29, 1.82) is 0 Å². The van der Waals surface area contributed by atoms with Gasteiger partial charge in [-0.2, -0.15) is 18.3 Å². The van der Waals surface area contributed by atoms with Crippen molar-refractivity contribution in [2.24, 2.45) is 0 Å². The molecule has 0 saturated carbocycles. The van der Waals surface area contributed by atoms with Crippen LogP contribution in [0.25, 0.3) is 0 Å². The second-order valence-corrected chi connectivity index (χ2v) is 3.34. The van der Waals surface area contributed by atoms with E-state index in [1.165, 1.54) is 12.4 Å². The molecule has 1 aromatic rings. The summed E-state index contributed by atoms with van der Waals surface area (Å²) in [5, 5.41) is 6.73. The molecule has 0 spiro atoms. The van der Waals surface area contributed by atoms with E-state index in [9.17, 15) is 13.2 Å². The van der Waals surface area contributed by atoms with Gasteiger partial charge in [-0.15, -0.1) is 0 Å². The summed E-state index contributed by atoms with van der Waals surface area (Å²) in [5.41, 5.74) is 0.771. The molecule has 1 rings (SSSR count). The van der Waals surface area contributed by atoms with E-state index in [1.54, 1.807) is 0 Å². The summed E-state index contributed by atoms with van der Waals surface area (Å²) in [5.74, 6) is 0. The Kier molecular flexibility index (Phi) is 4.14. The first-order valence-electron chi connectivity index (χ1n) is 4.80. The zero-order valence-electron chi connectivity index (χ0n) is 8.51. The number of nitrogens with one attached hydrogen (secondary N) is 1. The maximum atomic E-state index is 12.0. The van der Waals surface area contributed by atoms with Crippen molar-refractivity contribution in [3.63, 3.8) is 0 Å². The minimum absolute atomic E-state index is 0.561. The van der Waals surface area contributed by atoms with Gasteiger partial charge in [0.1, 0.15) is 6.54 Å². The molecule has 0 radical (unpaired) electrons. The lowest BCUT2D eigenvalue weighted by atomic mass is 10.3. The molecule has 6 heteroatoms. The number of hydrogen-bond acceptors (Lipinski definition) is 2. The number of aromatic nitrogens is 2. The minimum atomic E-state index is -4.21. The first-order chi connectivity index (χ1) is 7.01. The van der Waals surface area contributed by atoms with E-state index < -0.39 is 12.7 Å². The topological polar surface area (TPSA) is 29.9 Å². The molecular weight excluding hydrogens is 207 g/mol. The molecule has 0 aliphatic heterocycles. The highest BCUT2D eigenvalue weighted by Crippen LogP contribution is 2.16. The molecule has 0 fully saturated rings. The summed E-state index contributed by atoms with van der Waals surface area (Å²) in [6.45, 7) is 2.41. The van der Waals surface area contributed by atoms with Crippen molar-refractivity contribution in [2.45, 2.75) is 32.6 Å². The highest BCUT2D eigenvalue weighted by Gasteiger charge is 2.28. The molecule has 0 saturated heterocycles. The molecule has 0 unspecified atom stereocenters. The van der Waals surface area contributed by atoms with Gasteiger partial charge in [-0.1, -0.05) is 6.92 Å². The van der Waals surface area contributed by atoms with E-state index in [-0.39, 0.29) is 0 Å². The van der Waals surface area contributed by atoms with Gasteiger partial charge in [-0.05, 0) is 13.0 Å². The minimum Gasteiger partial charge on any atom is -0.313 e. The van der Waals surface area contributed by atoms with Gasteiger partial charge in [0.2, 0.25) is 0 Å². The number of halogens is 3. The van der Waals surface area contributed by atoms with Gasteiger partial charge in [0.15, 0.2) is 0 Å². The second-order valence-electron chi connectivity index (χ2n) is 3.34. The van der Waals surface area contributed by atoms with Crippen molar-refractivity contribution in [1.82, 2.24) is 15.1 Å². The van der Waals surface area contributed by atoms with Gasteiger partial charge in [-0.25, -0.2) is 0 Å². The van der Waals surface area contributed by atoms with Crippen LogP contribution in [0.4, 0.5) is 13.2 Å². The van der Waals surface area contributed by atoms with Crippen LogP contribution in [0.5, 0.6) is 0 Å². The molecule has 86 valence electrons. The highest BCUT2D eigenvalue weighted by molar-refractivity contribution is 5.03. The van der Waals surface area contributed by atoms with Gasteiger partial charge < -0.3 is 5.32 Å². The summed E-state index contributed by atoms with van der Waals surface area (Å²) in [7, 11) is 0. The molecule has 0 atom stereocenters. The molecular formula is C9H14F3N3. The Morgan fingerprint density at radius 1 is 1.47 bits per heavy atom. The van der Waals surface area contributed by atoms with Crippen LogP contribution in [0.3, 0.4) is 0 Å². The van der Waals surface area contributed by atoms with Crippen LogP contribution < -0.4 is 5.32 Å². The third-order valence-electron chi connectivity index (χ3n) is 1.78. The Morgan fingerprint density at radius 3 is 2.80 bits per heavy atom. The average molecular weight is 221 g/mol. The highest BCUT2D eigenvalue weighted by atomic mass is 19.4. The van der Waals surface area contributed by atoms with E-state index in [0.29, 0.717) is 6.54 Å². The van der Waals surface area contributed by atoms with E-state index in [4.69, 9.17) is 0 Å². The Bertz CT molecular complexity index is 293. The molecule has 1 N–H and O–H groups in total. The number of nitrogens with zero attached hydrogens (tertiary/aromatic N) is 2. The van der Waals surface area contributed by atoms with E-state index in [1.807, 2.05) is 6.92 Å². The second kappa shape index (κ2) is 5.16. The normalized spacial score (nSPS) is 12.0. The average Bonchev–Trinajstić information content (AvgIpc) is 2.50. The van der Waals surface area contributed by atoms with Crippen LogP contribution in [0.1, 0.15) is 18.9 Å². The molecule has 1 aromatic heterocycles. The molecule has 0 bridgehead atoms. The van der Waals surface area contributed by atoms with E-state index >= 15 is 0 Å². The zero-order valence-corrected chi connectivity index (χ0v) is 8.51. The predicted octanol–water partition coefficient (Wildman–Crippen LogP) is 1.94. The summed E-state index contributed by atoms with van der Waals surface area (Å²) in [6.07, 6.45) is -0.346. The fourth-order valence-electron chi connectivity index (χ4n) is 1.18. The van der Waals surface area contributed by atoms with Gasteiger partial charge in [0.05, 0.1) is 6.20 Å². The Labute approximate surface area is 86.3 Å². The predicted molar refractivity (Wildman–Crippen MR) is 50.3 cm³/mol. The molecule has 3 nitrogen and oxygen atoms in total. The quantitative estimate of drug-likeness (QED) is 0.770. The van der Waals surface area contributed by atoms with E-state index in [2.05, 4.69) is 10.4 Å². The first-order valence-corrected chi connectivity index (χ1v) is 4.80. The van der Waals surface area contributed by atoms with Crippen LogP contribution in [-0.4, -0.2) is 22.5 Å².